The van der Waals surface area contributed by atoms with E-state index in [2.05, 4.69) is 21.9 Å². The molecule has 0 aromatic heterocycles. The second-order valence-corrected chi connectivity index (χ2v) is 19.1. The van der Waals surface area contributed by atoms with Crippen molar-refractivity contribution in [2.75, 3.05) is 6.54 Å². The van der Waals surface area contributed by atoms with Gasteiger partial charge in [0.25, 0.3) is 5.91 Å². The number of nitrogens with zero attached hydrogens (tertiary/aromatic N) is 2. The van der Waals surface area contributed by atoms with Crippen LogP contribution in [0.3, 0.4) is 0 Å². The van der Waals surface area contributed by atoms with E-state index in [0.717, 1.165) is 10.5 Å². The van der Waals surface area contributed by atoms with Crippen LogP contribution in [0.15, 0.2) is 42.5 Å². The van der Waals surface area contributed by atoms with E-state index in [1.165, 1.54) is 29.2 Å². The van der Waals surface area contributed by atoms with Crippen molar-refractivity contribution in [2.45, 2.75) is 128 Å². The van der Waals surface area contributed by atoms with Gasteiger partial charge in [0.05, 0.1) is 18.3 Å². The summed E-state index contributed by atoms with van der Waals surface area (Å²) in [5.41, 5.74) is -2.22. The predicted octanol–water partition coefficient (Wildman–Crippen LogP) is 3.76. The first-order chi connectivity index (χ1) is 26.0. The van der Waals surface area contributed by atoms with Crippen LogP contribution >= 0.6 is 0 Å². The van der Waals surface area contributed by atoms with Crippen molar-refractivity contribution in [3.8, 4) is 0 Å². The van der Waals surface area contributed by atoms with Crippen molar-refractivity contribution in [1.82, 2.24) is 25.2 Å². The first-order valence-electron chi connectivity index (χ1n) is 18.7. The highest BCUT2D eigenvalue weighted by atomic mass is 32.2. The van der Waals surface area contributed by atoms with Gasteiger partial charge in [-0.1, -0.05) is 37.6 Å². The molecule has 306 valence electrons. The topological polar surface area (TPSA) is 198 Å². The minimum Gasteiger partial charge on any atom is -0.444 e. The van der Waals surface area contributed by atoms with Crippen LogP contribution < -0.4 is 15.4 Å². The summed E-state index contributed by atoms with van der Waals surface area (Å²) in [6, 6.07) is 1.68. The monoisotopic (exact) mass is 801 g/mol. The number of amides is 5. The van der Waals surface area contributed by atoms with Crippen LogP contribution in [0, 0.1) is 17.2 Å². The van der Waals surface area contributed by atoms with Crippen LogP contribution in [0.2, 0.25) is 0 Å². The van der Waals surface area contributed by atoms with E-state index < -0.39 is 91.7 Å². The molecule has 1 unspecified atom stereocenters. The minimum absolute atomic E-state index is 0.0434. The zero-order valence-corrected chi connectivity index (χ0v) is 33.7. The van der Waals surface area contributed by atoms with Crippen molar-refractivity contribution in [3.05, 3.63) is 59.4 Å². The van der Waals surface area contributed by atoms with Gasteiger partial charge >= 0.3 is 12.2 Å². The van der Waals surface area contributed by atoms with Crippen molar-refractivity contribution < 1.29 is 51.0 Å². The van der Waals surface area contributed by atoms with E-state index in [1.54, 1.807) is 54.5 Å². The second kappa shape index (κ2) is 15.6. The van der Waals surface area contributed by atoms with Crippen molar-refractivity contribution >= 4 is 45.7 Å². The molecule has 56 heavy (non-hydrogen) atoms. The van der Waals surface area contributed by atoms with E-state index in [4.69, 9.17) is 9.47 Å². The number of halogens is 1. The maximum absolute atomic E-state index is 14.8. The third-order valence-electron chi connectivity index (χ3n) is 10.3. The highest BCUT2D eigenvalue weighted by Gasteiger charge is 2.62. The van der Waals surface area contributed by atoms with Gasteiger partial charge in [-0.25, -0.2) is 22.4 Å². The van der Waals surface area contributed by atoms with Crippen LogP contribution in [0.4, 0.5) is 14.0 Å². The van der Waals surface area contributed by atoms with E-state index in [1.807, 2.05) is 0 Å². The molecule has 15 nitrogen and oxygen atoms in total. The summed E-state index contributed by atoms with van der Waals surface area (Å²) in [5.74, 6) is -3.99. The van der Waals surface area contributed by atoms with E-state index in [0.29, 0.717) is 24.0 Å². The number of hydrogen-bond acceptors (Lipinski definition) is 10. The smallest absolute Gasteiger partial charge is 0.410 e. The number of carbonyl (C=O) groups is 6. The molecule has 2 heterocycles. The summed E-state index contributed by atoms with van der Waals surface area (Å²) in [7, 11) is -3.98. The zero-order valence-electron chi connectivity index (χ0n) is 32.9. The number of rotatable bonds is 13. The third kappa shape index (κ3) is 9.59. The molecular formula is C39H52FN5O10S. The Hall–Kier alpha value is -4.80. The molecule has 2 saturated carbocycles. The Morgan fingerprint density at radius 3 is 2.32 bits per heavy atom. The molecule has 0 bridgehead atoms. The summed E-state index contributed by atoms with van der Waals surface area (Å²) in [4.78, 5) is 84.7. The maximum Gasteiger partial charge on any atom is 0.410 e. The average molecular weight is 802 g/mol. The predicted molar refractivity (Wildman–Crippen MR) is 201 cm³/mol. The number of ether oxygens (including phenoxy) is 2. The minimum atomic E-state index is -3.98. The molecule has 3 N–H and O–H groups in total. The Morgan fingerprint density at radius 1 is 1.07 bits per heavy atom. The van der Waals surface area contributed by atoms with Gasteiger partial charge in [0.2, 0.25) is 21.8 Å². The van der Waals surface area contributed by atoms with Crippen molar-refractivity contribution in [3.63, 3.8) is 0 Å². The molecule has 1 saturated heterocycles. The SMILES string of the molecule is C=C[C@@H]1C[C@]1(NC(=O)[C@@H]1CC(OC(=O)N2Cc3cccc(F)c3C2)CN1C(=O)[C@@H](NC(=O)OC(C)(C)C)C(C)(C)CC(=O)C=C(C)C)C(=O)NS(=O)(=O)C1CC1. The summed E-state index contributed by atoms with van der Waals surface area (Å²) >= 11 is 0. The molecule has 2 aliphatic heterocycles. The molecule has 5 rings (SSSR count). The zero-order chi connectivity index (χ0) is 41.5. The lowest BCUT2D eigenvalue weighted by molar-refractivity contribution is -0.143. The number of nitrogens with one attached hydrogen (secondary N) is 3. The van der Waals surface area contributed by atoms with Gasteiger partial charge in [0.15, 0.2) is 5.78 Å². The van der Waals surface area contributed by atoms with Gasteiger partial charge in [0.1, 0.15) is 35.1 Å². The first kappa shape index (κ1) is 42.3. The Morgan fingerprint density at radius 2 is 1.75 bits per heavy atom. The van der Waals surface area contributed by atoms with Crippen molar-refractivity contribution in [2.24, 2.45) is 11.3 Å². The molecule has 0 spiro atoms. The number of sulfonamides is 1. The molecular weight excluding hydrogens is 750 g/mol. The summed E-state index contributed by atoms with van der Waals surface area (Å²) < 4.78 is 53.3. The second-order valence-electron chi connectivity index (χ2n) is 17.1. The fourth-order valence-electron chi connectivity index (χ4n) is 7.23. The summed E-state index contributed by atoms with van der Waals surface area (Å²) in [5, 5.41) is 4.58. The van der Waals surface area contributed by atoms with E-state index in [9.17, 15) is 41.6 Å². The molecule has 1 aromatic carbocycles. The Kier molecular flexibility index (Phi) is 11.8. The molecule has 4 aliphatic rings. The molecule has 1 aromatic rings. The van der Waals surface area contributed by atoms with Crippen molar-refractivity contribution in [1.29, 1.82) is 0 Å². The number of allylic oxidation sites excluding steroid dienone is 2. The molecule has 17 heteroatoms. The molecule has 5 atom stereocenters. The summed E-state index contributed by atoms with van der Waals surface area (Å²) in [6.45, 7) is 15.0. The van der Waals surface area contributed by atoms with Gasteiger partial charge in [-0.15, -0.1) is 6.58 Å². The maximum atomic E-state index is 14.8. The third-order valence-corrected chi connectivity index (χ3v) is 12.1. The number of ketones is 1. The number of likely N-dealkylation sites (tertiary alicyclic amines) is 1. The Balaban J connectivity index is 1.44. The summed E-state index contributed by atoms with van der Waals surface area (Å²) in [6.07, 6.45) is 0.399. The van der Waals surface area contributed by atoms with Gasteiger partial charge in [-0.2, -0.15) is 0 Å². The van der Waals surface area contributed by atoms with Crippen LogP contribution in [-0.4, -0.2) is 95.0 Å². The van der Waals surface area contributed by atoms with Crippen LogP contribution in [0.5, 0.6) is 0 Å². The fourth-order valence-corrected chi connectivity index (χ4v) is 8.59. The normalized spacial score (nSPS) is 23.6. The Labute approximate surface area is 326 Å². The molecule has 3 fully saturated rings. The van der Waals surface area contributed by atoms with Gasteiger partial charge in [0, 0.05) is 36.3 Å². The Bertz CT molecular complexity index is 1950. The number of alkyl carbamates (subject to hydrolysis) is 1. The van der Waals surface area contributed by atoms with Gasteiger partial charge < -0.3 is 25.0 Å². The van der Waals surface area contributed by atoms with Gasteiger partial charge in [-0.3, -0.25) is 28.8 Å². The van der Waals surface area contributed by atoms with Gasteiger partial charge in [-0.05, 0) is 71.6 Å². The first-order valence-corrected chi connectivity index (χ1v) is 20.2. The number of benzene rings is 1. The number of fused-ring (bicyclic) bond motifs is 1. The number of hydrogen-bond donors (Lipinski definition) is 3. The van der Waals surface area contributed by atoms with E-state index in [-0.39, 0.29) is 44.7 Å². The largest absolute Gasteiger partial charge is 0.444 e. The highest BCUT2D eigenvalue weighted by molar-refractivity contribution is 7.91. The lowest BCUT2D eigenvalue weighted by Crippen LogP contribution is -2.61. The standard InChI is InChI=1S/C39H52FN5O10S/c1-9-24-17-39(24,34(49)43-56(52,53)27-13-14-27)42-32(47)30-16-26(54-36(51)44-19-23-11-10-12-29(40)28(23)21-44)20-45(30)33(48)31(41-35(50)55-37(4,5)6)38(7,8)18-25(46)15-22(2)3/h9-12,15,24,26-27,30-31H,1,13-14,16-21H2,2-8H3,(H,41,50)(H,42,47)(H,43,49)/t24-,26?,30+,31-,39-/m1/s1. The number of carbonyl (C=O) groups excluding carboxylic acids is 6. The molecule has 2 aliphatic carbocycles. The highest BCUT2D eigenvalue weighted by Crippen LogP contribution is 2.45. The quantitative estimate of drug-likeness (QED) is 0.195. The fraction of sp³-hybridized carbons (Fsp3) is 0.590. The lowest BCUT2D eigenvalue weighted by atomic mass is 9.78. The van der Waals surface area contributed by atoms with E-state index >= 15 is 0 Å². The van der Waals surface area contributed by atoms with Crippen LogP contribution in [0.25, 0.3) is 0 Å². The lowest BCUT2D eigenvalue weighted by Gasteiger charge is -2.37. The average Bonchev–Trinajstić information content (AvgIpc) is 3.96. The van der Waals surface area contributed by atoms with Crippen LogP contribution in [-0.2, 0) is 51.8 Å². The molecule has 5 amide bonds. The van der Waals surface area contributed by atoms with Crippen LogP contribution in [0.1, 0.15) is 91.7 Å². The molecule has 0 radical (unpaired) electrons.